The average molecular weight is 251 g/mol. The first kappa shape index (κ1) is 11.9. The van der Waals surface area contributed by atoms with Crippen molar-refractivity contribution in [2.75, 3.05) is 0 Å². The lowest BCUT2D eigenvalue weighted by Gasteiger charge is -2.21. The van der Waals surface area contributed by atoms with Gasteiger partial charge in [-0.25, -0.2) is 0 Å². The highest BCUT2D eigenvalue weighted by Gasteiger charge is 2.22. The topological polar surface area (TPSA) is 50.7 Å². The molecule has 0 bridgehead atoms. The summed E-state index contributed by atoms with van der Waals surface area (Å²) in [5, 5.41) is 10.9. The Morgan fingerprint density at radius 1 is 1.11 bits per heavy atom. The van der Waals surface area contributed by atoms with Crippen LogP contribution in [0.25, 0.3) is 10.8 Å². The van der Waals surface area contributed by atoms with Crippen molar-refractivity contribution in [3.63, 3.8) is 0 Å². The van der Waals surface area contributed by atoms with E-state index in [9.17, 15) is 0 Å². The van der Waals surface area contributed by atoms with Crippen LogP contribution in [0.5, 0.6) is 0 Å². The number of nitrogens with zero attached hydrogens (tertiary/aromatic N) is 2. The van der Waals surface area contributed by atoms with Crippen molar-refractivity contribution in [1.29, 1.82) is 0 Å². The molecule has 0 radical (unpaired) electrons. The van der Waals surface area contributed by atoms with Gasteiger partial charge in [0, 0.05) is 17.9 Å². The van der Waals surface area contributed by atoms with Crippen LogP contribution in [0.3, 0.4) is 0 Å². The van der Waals surface area contributed by atoms with Gasteiger partial charge in [-0.1, -0.05) is 49.4 Å². The molecule has 1 atom stereocenters. The van der Waals surface area contributed by atoms with Gasteiger partial charge >= 0.3 is 0 Å². The van der Waals surface area contributed by atoms with Gasteiger partial charge in [-0.2, -0.15) is 5.10 Å². The molecule has 3 rings (SSSR count). The van der Waals surface area contributed by atoms with Crippen molar-refractivity contribution in [3.8, 4) is 0 Å². The molecule has 2 aromatic rings. The second kappa shape index (κ2) is 4.84. The summed E-state index contributed by atoms with van der Waals surface area (Å²) < 4.78 is 0. The van der Waals surface area contributed by atoms with Crippen molar-refractivity contribution < 1.29 is 0 Å². The molecule has 1 aliphatic heterocycles. The second-order valence-electron chi connectivity index (χ2n) is 4.91. The van der Waals surface area contributed by atoms with Crippen molar-refractivity contribution >= 4 is 22.3 Å². The van der Waals surface area contributed by atoms with Gasteiger partial charge in [0.1, 0.15) is 5.84 Å². The largest absolute Gasteiger partial charge is 0.386 e. The summed E-state index contributed by atoms with van der Waals surface area (Å²) in [4.78, 5) is 0. The first-order valence-electron chi connectivity index (χ1n) is 6.67. The Hall–Kier alpha value is -2.16. The first-order valence-corrected chi connectivity index (χ1v) is 6.67. The molecule has 0 aromatic heterocycles. The Bertz CT molecular complexity index is 665. The molecule has 0 amide bonds. The number of hydrogen-bond acceptors (Lipinski definition) is 3. The maximum Gasteiger partial charge on any atom is 0.123 e. The number of hydrogen-bond donors (Lipinski definition) is 1. The third kappa shape index (κ3) is 2.12. The Balaban J connectivity index is 2.18. The Kier molecular flexibility index (Phi) is 3.03. The number of amidine groups is 1. The number of fused-ring (bicyclic) bond motifs is 1. The molecule has 1 aliphatic rings. The van der Waals surface area contributed by atoms with Crippen LogP contribution in [0.2, 0.25) is 0 Å². The molecule has 3 nitrogen and oxygen atoms in total. The summed E-state index contributed by atoms with van der Waals surface area (Å²) in [6.07, 6.45) is 1.83. The number of benzene rings is 2. The van der Waals surface area contributed by atoms with Gasteiger partial charge < -0.3 is 5.73 Å². The van der Waals surface area contributed by atoms with Crippen LogP contribution in [-0.2, 0) is 0 Å². The highest BCUT2D eigenvalue weighted by molar-refractivity contribution is 6.13. The Morgan fingerprint density at radius 3 is 2.74 bits per heavy atom. The summed E-state index contributed by atoms with van der Waals surface area (Å²) in [7, 11) is 0. The molecule has 2 N–H and O–H groups in total. The van der Waals surface area contributed by atoms with Crippen LogP contribution in [0.15, 0.2) is 52.7 Å². The third-order valence-corrected chi connectivity index (χ3v) is 3.69. The molecule has 19 heavy (non-hydrogen) atoms. The minimum atomic E-state index is 0.364. The highest BCUT2D eigenvalue weighted by Crippen LogP contribution is 2.26. The number of nitrogens with two attached hydrogens (primary N) is 1. The van der Waals surface area contributed by atoms with E-state index >= 15 is 0 Å². The van der Waals surface area contributed by atoms with Gasteiger partial charge in [0.15, 0.2) is 0 Å². The van der Waals surface area contributed by atoms with E-state index in [2.05, 4.69) is 59.6 Å². The molecular formula is C16H17N3. The van der Waals surface area contributed by atoms with Crippen molar-refractivity contribution in [1.82, 2.24) is 0 Å². The zero-order valence-corrected chi connectivity index (χ0v) is 11.0. The van der Waals surface area contributed by atoms with Gasteiger partial charge in [0.25, 0.3) is 0 Å². The van der Waals surface area contributed by atoms with Crippen LogP contribution in [-0.4, -0.2) is 11.5 Å². The van der Waals surface area contributed by atoms with E-state index in [0.717, 1.165) is 18.6 Å². The normalized spacial score (nSPS) is 19.1. The minimum absolute atomic E-state index is 0.364. The molecular weight excluding hydrogens is 234 g/mol. The van der Waals surface area contributed by atoms with Crippen LogP contribution < -0.4 is 5.73 Å². The summed E-state index contributed by atoms with van der Waals surface area (Å²) in [6.45, 7) is 2.17. The maximum absolute atomic E-state index is 5.80. The molecule has 1 unspecified atom stereocenters. The van der Waals surface area contributed by atoms with Crippen LogP contribution in [0, 0.1) is 5.92 Å². The lowest BCUT2D eigenvalue weighted by atomic mass is 9.88. The van der Waals surface area contributed by atoms with E-state index in [-0.39, 0.29) is 0 Å². The second-order valence-corrected chi connectivity index (χ2v) is 4.91. The number of rotatable bonds is 2. The average Bonchev–Trinajstić information content (AvgIpc) is 2.46. The van der Waals surface area contributed by atoms with E-state index in [1.807, 2.05) is 0 Å². The SMILES string of the molecule is CCC1CC(N)=NN=C1c1cccc2ccccc12. The van der Waals surface area contributed by atoms with Gasteiger partial charge in [-0.05, 0) is 17.2 Å². The molecule has 0 fully saturated rings. The molecule has 1 heterocycles. The predicted octanol–water partition coefficient (Wildman–Crippen LogP) is 3.33. The molecule has 0 aliphatic carbocycles. The van der Waals surface area contributed by atoms with Gasteiger partial charge in [-0.3, -0.25) is 0 Å². The quantitative estimate of drug-likeness (QED) is 0.874. The first-order chi connectivity index (χ1) is 9.29. The fraction of sp³-hybridized carbons (Fsp3) is 0.250. The van der Waals surface area contributed by atoms with Crippen molar-refractivity contribution in [3.05, 3.63) is 48.0 Å². The summed E-state index contributed by atoms with van der Waals surface area (Å²) in [5.74, 6) is 0.999. The third-order valence-electron chi connectivity index (χ3n) is 3.69. The lowest BCUT2D eigenvalue weighted by molar-refractivity contribution is 0.677. The van der Waals surface area contributed by atoms with E-state index < -0.39 is 0 Å². The zero-order valence-electron chi connectivity index (χ0n) is 11.0. The molecule has 96 valence electrons. The fourth-order valence-corrected chi connectivity index (χ4v) is 2.65. The Morgan fingerprint density at radius 2 is 1.89 bits per heavy atom. The van der Waals surface area contributed by atoms with Crippen LogP contribution in [0.4, 0.5) is 0 Å². The highest BCUT2D eigenvalue weighted by atomic mass is 15.2. The summed E-state index contributed by atoms with van der Waals surface area (Å²) in [5.41, 5.74) is 8.04. The van der Waals surface area contributed by atoms with Crippen LogP contribution in [0.1, 0.15) is 25.3 Å². The standard InChI is InChI=1S/C16H17N3/c1-2-11-10-15(17)18-19-16(11)14-9-5-7-12-6-3-4-8-13(12)14/h3-9,11H,2,10H2,1H3,(H2,17,18). The van der Waals surface area contributed by atoms with Crippen molar-refractivity contribution in [2.45, 2.75) is 19.8 Å². The molecule has 0 saturated carbocycles. The zero-order chi connectivity index (χ0) is 13.2. The monoisotopic (exact) mass is 251 g/mol. The predicted molar refractivity (Wildman–Crippen MR) is 80.5 cm³/mol. The van der Waals surface area contributed by atoms with Gasteiger partial charge in [0.2, 0.25) is 0 Å². The van der Waals surface area contributed by atoms with E-state index in [0.29, 0.717) is 11.8 Å². The van der Waals surface area contributed by atoms with Gasteiger partial charge in [0.05, 0.1) is 5.71 Å². The smallest absolute Gasteiger partial charge is 0.123 e. The van der Waals surface area contributed by atoms with Crippen LogP contribution >= 0.6 is 0 Å². The van der Waals surface area contributed by atoms with E-state index in [4.69, 9.17) is 5.73 Å². The Labute approximate surface area is 112 Å². The van der Waals surface area contributed by atoms with Crippen molar-refractivity contribution in [2.24, 2.45) is 21.9 Å². The summed E-state index contributed by atoms with van der Waals surface area (Å²) in [6, 6.07) is 14.7. The molecule has 2 aromatic carbocycles. The minimum Gasteiger partial charge on any atom is -0.386 e. The van der Waals surface area contributed by atoms with E-state index in [1.165, 1.54) is 16.3 Å². The summed E-state index contributed by atoms with van der Waals surface area (Å²) >= 11 is 0. The molecule has 0 saturated heterocycles. The maximum atomic E-state index is 5.80. The molecule has 3 heteroatoms. The van der Waals surface area contributed by atoms with E-state index in [1.54, 1.807) is 0 Å². The fourth-order valence-electron chi connectivity index (χ4n) is 2.65. The molecule has 0 spiro atoms. The lowest BCUT2D eigenvalue weighted by Crippen LogP contribution is -2.26. The van der Waals surface area contributed by atoms with Gasteiger partial charge in [-0.15, -0.1) is 5.10 Å².